The van der Waals surface area contributed by atoms with Crippen LogP contribution in [0.25, 0.3) is 0 Å². The van der Waals surface area contributed by atoms with Crippen LogP contribution in [0.15, 0.2) is 12.2 Å². The molecule has 3 nitrogen and oxygen atoms in total. The molecule has 0 saturated heterocycles. The molecule has 2 aliphatic rings. The van der Waals surface area contributed by atoms with E-state index in [4.69, 9.17) is 0 Å². The molecule has 0 aromatic carbocycles. The van der Waals surface area contributed by atoms with Crippen molar-refractivity contribution in [2.45, 2.75) is 51.7 Å². The Morgan fingerprint density at radius 3 is 2.22 bits per heavy atom. The lowest BCUT2D eigenvalue weighted by molar-refractivity contribution is 0.268. The van der Waals surface area contributed by atoms with Crippen molar-refractivity contribution in [1.29, 1.82) is 0 Å². The zero-order chi connectivity index (χ0) is 13.8. The first kappa shape index (κ1) is 14.1. The first-order valence-corrected chi connectivity index (χ1v) is 8.37. The predicted octanol–water partition coefficient (Wildman–Crippen LogP) is 2.79. The van der Waals surface area contributed by atoms with E-state index in [0.29, 0.717) is 19.0 Å². The normalized spacial score (nSPS) is 34.5. The third kappa shape index (κ3) is 1.36. The first-order chi connectivity index (χ1) is 8.25. The summed E-state index contributed by atoms with van der Waals surface area (Å²) < 4.78 is 27.0. The summed E-state index contributed by atoms with van der Waals surface area (Å²) in [5.41, 5.74) is 0.765. The SMILES string of the molecule is C=C1C[C@@H]2CC[C@@]1(S(=O)(=O)N(CC)CC)C2(C)C. The molecule has 0 spiro atoms. The summed E-state index contributed by atoms with van der Waals surface area (Å²) in [6.07, 6.45) is 2.66. The van der Waals surface area contributed by atoms with Gasteiger partial charge in [0.25, 0.3) is 0 Å². The third-order valence-electron chi connectivity index (χ3n) is 5.46. The fraction of sp³-hybridized carbons (Fsp3) is 0.857. The Kier molecular flexibility index (Phi) is 3.18. The number of fused-ring (bicyclic) bond motifs is 2. The maximum Gasteiger partial charge on any atom is 0.224 e. The van der Waals surface area contributed by atoms with E-state index < -0.39 is 14.8 Å². The molecule has 0 heterocycles. The molecule has 0 aliphatic heterocycles. The molecule has 0 N–H and O–H groups in total. The number of nitrogens with zero attached hydrogens (tertiary/aromatic N) is 1. The summed E-state index contributed by atoms with van der Waals surface area (Å²) >= 11 is 0. The largest absolute Gasteiger partial charge is 0.224 e. The lowest BCUT2D eigenvalue weighted by Gasteiger charge is -2.41. The van der Waals surface area contributed by atoms with Gasteiger partial charge in [-0.2, -0.15) is 0 Å². The van der Waals surface area contributed by atoms with Gasteiger partial charge in [-0.1, -0.05) is 39.8 Å². The van der Waals surface area contributed by atoms with E-state index in [9.17, 15) is 8.42 Å². The lowest BCUT2D eigenvalue weighted by atomic mass is 9.81. The summed E-state index contributed by atoms with van der Waals surface area (Å²) in [5.74, 6) is 0.482. The molecular weight excluding hydrogens is 246 g/mol. The first-order valence-electron chi connectivity index (χ1n) is 6.93. The van der Waals surface area contributed by atoms with E-state index in [-0.39, 0.29) is 5.41 Å². The zero-order valence-corrected chi connectivity index (χ0v) is 12.8. The van der Waals surface area contributed by atoms with Crippen LogP contribution in [0.2, 0.25) is 0 Å². The summed E-state index contributed by atoms with van der Waals surface area (Å²) in [6.45, 7) is 13.3. The number of sulfonamides is 1. The minimum absolute atomic E-state index is 0.175. The van der Waals surface area contributed by atoms with Gasteiger partial charge in [0.05, 0.1) is 0 Å². The van der Waals surface area contributed by atoms with Crippen LogP contribution in [-0.4, -0.2) is 30.6 Å². The second-order valence-corrected chi connectivity index (χ2v) is 8.34. The average molecular weight is 271 g/mol. The Labute approximate surface area is 111 Å². The summed E-state index contributed by atoms with van der Waals surface area (Å²) in [5, 5.41) is 0. The molecule has 2 atom stereocenters. The van der Waals surface area contributed by atoms with Crippen molar-refractivity contribution >= 4 is 10.0 Å². The van der Waals surface area contributed by atoms with Crippen LogP contribution in [0.1, 0.15) is 47.0 Å². The second kappa shape index (κ2) is 4.07. The van der Waals surface area contributed by atoms with Crippen LogP contribution < -0.4 is 0 Å². The van der Waals surface area contributed by atoms with Gasteiger partial charge in [0, 0.05) is 13.1 Å². The van der Waals surface area contributed by atoms with E-state index in [1.807, 2.05) is 13.8 Å². The molecule has 104 valence electrons. The molecule has 2 fully saturated rings. The quantitative estimate of drug-likeness (QED) is 0.737. The van der Waals surface area contributed by atoms with E-state index in [2.05, 4.69) is 20.4 Å². The standard InChI is InChI=1S/C14H25NO2S/c1-6-15(7-2)18(16,17)14-9-8-12(10-11(14)3)13(14,4)5/h12H,3,6-10H2,1-2,4-5H3/t12-,14-/m0/s1. The molecule has 2 aliphatic carbocycles. The molecule has 2 saturated carbocycles. The van der Waals surface area contributed by atoms with E-state index in [1.54, 1.807) is 4.31 Å². The molecule has 2 bridgehead atoms. The highest BCUT2D eigenvalue weighted by Crippen LogP contribution is 2.66. The average Bonchev–Trinajstić information content (AvgIpc) is 2.64. The van der Waals surface area contributed by atoms with Crippen molar-refractivity contribution in [3.05, 3.63) is 12.2 Å². The number of rotatable bonds is 4. The van der Waals surface area contributed by atoms with Crippen LogP contribution in [0, 0.1) is 11.3 Å². The van der Waals surface area contributed by atoms with E-state index in [1.165, 1.54) is 0 Å². The van der Waals surface area contributed by atoms with Gasteiger partial charge in [-0.25, -0.2) is 12.7 Å². The summed E-state index contributed by atoms with van der Waals surface area (Å²) in [6, 6.07) is 0. The zero-order valence-electron chi connectivity index (χ0n) is 12.0. The van der Waals surface area contributed by atoms with E-state index >= 15 is 0 Å². The van der Waals surface area contributed by atoms with Crippen molar-refractivity contribution in [3.8, 4) is 0 Å². The molecule has 18 heavy (non-hydrogen) atoms. The minimum Gasteiger partial charge on any atom is -0.211 e. The van der Waals surface area contributed by atoms with Gasteiger partial charge < -0.3 is 0 Å². The van der Waals surface area contributed by atoms with Crippen LogP contribution in [-0.2, 0) is 10.0 Å². The van der Waals surface area contributed by atoms with Crippen molar-refractivity contribution in [1.82, 2.24) is 4.31 Å². The van der Waals surface area contributed by atoms with Gasteiger partial charge in [0.1, 0.15) is 4.75 Å². The molecule has 4 heteroatoms. The Balaban J connectivity index is 2.58. The highest BCUT2D eigenvalue weighted by Gasteiger charge is 2.68. The van der Waals surface area contributed by atoms with Gasteiger partial charge in [0.2, 0.25) is 10.0 Å². The van der Waals surface area contributed by atoms with Crippen LogP contribution in [0.4, 0.5) is 0 Å². The van der Waals surface area contributed by atoms with E-state index in [0.717, 1.165) is 24.8 Å². The Bertz CT molecular complexity index is 462. The fourth-order valence-corrected chi connectivity index (χ4v) is 7.05. The maximum absolute atomic E-state index is 13.1. The molecule has 0 aromatic heterocycles. The summed E-state index contributed by atoms with van der Waals surface area (Å²) in [4.78, 5) is 0. The maximum atomic E-state index is 13.1. The molecule has 0 unspecified atom stereocenters. The van der Waals surface area contributed by atoms with Crippen LogP contribution in [0.5, 0.6) is 0 Å². The van der Waals surface area contributed by atoms with Gasteiger partial charge >= 0.3 is 0 Å². The van der Waals surface area contributed by atoms with Gasteiger partial charge in [0.15, 0.2) is 0 Å². The van der Waals surface area contributed by atoms with Crippen molar-refractivity contribution in [2.75, 3.05) is 13.1 Å². The van der Waals surface area contributed by atoms with Crippen molar-refractivity contribution in [3.63, 3.8) is 0 Å². The minimum atomic E-state index is -3.29. The molecule has 0 amide bonds. The molecule has 2 rings (SSSR count). The monoisotopic (exact) mass is 271 g/mol. The molecule has 0 aromatic rings. The topological polar surface area (TPSA) is 37.4 Å². The third-order valence-corrected chi connectivity index (χ3v) is 8.55. The fourth-order valence-electron chi connectivity index (χ4n) is 4.27. The highest BCUT2D eigenvalue weighted by molar-refractivity contribution is 7.90. The van der Waals surface area contributed by atoms with Gasteiger partial charge in [-0.15, -0.1) is 0 Å². The van der Waals surface area contributed by atoms with Crippen molar-refractivity contribution < 1.29 is 8.42 Å². The smallest absolute Gasteiger partial charge is 0.211 e. The molecule has 0 radical (unpaired) electrons. The molecular formula is C14H25NO2S. The van der Waals surface area contributed by atoms with Crippen LogP contribution >= 0.6 is 0 Å². The number of hydrogen-bond acceptors (Lipinski definition) is 2. The second-order valence-electron chi connectivity index (χ2n) is 6.18. The van der Waals surface area contributed by atoms with Crippen molar-refractivity contribution in [2.24, 2.45) is 11.3 Å². The predicted molar refractivity (Wildman–Crippen MR) is 74.8 cm³/mol. The Morgan fingerprint density at radius 1 is 1.33 bits per heavy atom. The van der Waals surface area contributed by atoms with Gasteiger partial charge in [-0.3, -0.25) is 0 Å². The van der Waals surface area contributed by atoms with Gasteiger partial charge in [-0.05, 0) is 30.6 Å². The highest BCUT2D eigenvalue weighted by atomic mass is 32.2. The number of hydrogen-bond donors (Lipinski definition) is 0. The lowest BCUT2D eigenvalue weighted by Crippen LogP contribution is -2.53. The van der Waals surface area contributed by atoms with Crippen LogP contribution in [0.3, 0.4) is 0 Å². The summed E-state index contributed by atoms with van der Waals surface area (Å²) in [7, 11) is -3.29. The Hall–Kier alpha value is -0.350. The Morgan fingerprint density at radius 2 is 1.89 bits per heavy atom.